The van der Waals surface area contributed by atoms with Crippen molar-refractivity contribution in [3.8, 4) is 0 Å². The molecule has 0 amide bonds. The Morgan fingerprint density at radius 1 is 1.45 bits per heavy atom. The number of carboxylic acid groups (broad SMARTS) is 1. The molecule has 2 aliphatic rings. The van der Waals surface area contributed by atoms with Crippen LogP contribution in [-0.2, 0) is 14.3 Å². The van der Waals surface area contributed by atoms with Gasteiger partial charge in [0.1, 0.15) is 6.10 Å². The molecule has 0 radical (unpaired) electrons. The van der Waals surface area contributed by atoms with Crippen molar-refractivity contribution in [3.63, 3.8) is 0 Å². The Labute approximate surface area is 117 Å². The molecule has 0 aromatic heterocycles. The minimum atomic E-state index is -0.990. The lowest BCUT2D eigenvalue weighted by Crippen LogP contribution is -2.32. The van der Waals surface area contributed by atoms with E-state index in [2.05, 4.69) is 0 Å². The van der Waals surface area contributed by atoms with E-state index in [9.17, 15) is 19.8 Å². The largest absolute Gasteiger partial charge is 0.478 e. The average Bonchev–Trinajstić information content (AvgIpc) is 2.63. The number of carboxylic acids is 1. The summed E-state index contributed by atoms with van der Waals surface area (Å²) in [7, 11) is 0. The van der Waals surface area contributed by atoms with Gasteiger partial charge in [-0.3, -0.25) is 4.79 Å². The highest BCUT2D eigenvalue weighted by Gasteiger charge is 2.45. The normalized spacial score (nSPS) is 34.6. The molecule has 1 aliphatic heterocycles. The smallest absolute Gasteiger partial charge is 0.331 e. The summed E-state index contributed by atoms with van der Waals surface area (Å²) in [4.78, 5) is 23.0. The Bertz CT molecular complexity index is 477. The standard InChI is InChI=1S/C15H20O5/c1-8-4-3-5-10(14(17)18)7-12-13(11(16)6-8)9(2)15(19)20-12/h5-6,9,11-13,16H,3-4,7H2,1-2H3,(H,17,18). The van der Waals surface area contributed by atoms with E-state index in [1.54, 1.807) is 19.1 Å². The molecule has 1 saturated heterocycles. The second kappa shape index (κ2) is 5.79. The van der Waals surface area contributed by atoms with Crippen LogP contribution in [0, 0.1) is 11.8 Å². The average molecular weight is 280 g/mol. The molecule has 5 heteroatoms. The minimum absolute atomic E-state index is 0.153. The van der Waals surface area contributed by atoms with Gasteiger partial charge in [-0.15, -0.1) is 0 Å². The summed E-state index contributed by atoms with van der Waals surface area (Å²) in [6.07, 6.45) is 3.55. The number of carbonyl (C=O) groups excluding carboxylic acids is 1. The van der Waals surface area contributed by atoms with Gasteiger partial charge in [-0.2, -0.15) is 0 Å². The molecule has 0 aromatic rings. The maximum Gasteiger partial charge on any atom is 0.331 e. The first-order chi connectivity index (χ1) is 9.40. The van der Waals surface area contributed by atoms with Crippen LogP contribution in [0.2, 0.25) is 0 Å². The second-order valence-electron chi connectivity index (χ2n) is 5.62. The van der Waals surface area contributed by atoms with Crippen LogP contribution in [-0.4, -0.2) is 34.4 Å². The summed E-state index contributed by atoms with van der Waals surface area (Å²) in [6, 6.07) is 0. The summed E-state index contributed by atoms with van der Waals surface area (Å²) in [5, 5.41) is 19.5. The van der Waals surface area contributed by atoms with Gasteiger partial charge in [-0.25, -0.2) is 4.79 Å². The second-order valence-corrected chi connectivity index (χ2v) is 5.62. The highest BCUT2D eigenvalue weighted by molar-refractivity contribution is 5.87. The number of fused-ring (bicyclic) bond motifs is 1. The highest BCUT2D eigenvalue weighted by atomic mass is 16.6. The van der Waals surface area contributed by atoms with Crippen molar-refractivity contribution < 1.29 is 24.5 Å². The van der Waals surface area contributed by atoms with Crippen LogP contribution in [0.3, 0.4) is 0 Å². The molecule has 1 fully saturated rings. The summed E-state index contributed by atoms with van der Waals surface area (Å²) in [6.45, 7) is 3.62. The van der Waals surface area contributed by atoms with E-state index in [1.807, 2.05) is 6.92 Å². The van der Waals surface area contributed by atoms with Gasteiger partial charge in [0, 0.05) is 17.9 Å². The fraction of sp³-hybridized carbons (Fsp3) is 0.600. The Balaban J connectivity index is 2.35. The predicted octanol–water partition coefficient (Wildman–Crippen LogP) is 1.67. The van der Waals surface area contributed by atoms with E-state index in [0.29, 0.717) is 12.8 Å². The lowest BCUT2D eigenvalue weighted by atomic mass is 9.82. The van der Waals surface area contributed by atoms with E-state index in [1.165, 1.54) is 0 Å². The number of allylic oxidation sites excluding steroid dienone is 2. The highest BCUT2D eigenvalue weighted by Crippen LogP contribution is 2.36. The van der Waals surface area contributed by atoms with Crippen molar-refractivity contribution in [2.45, 2.75) is 45.3 Å². The van der Waals surface area contributed by atoms with Crippen LogP contribution in [0.1, 0.15) is 33.1 Å². The van der Waals surface area contributed by atoms with Gasteiger partial charge in [-0.1, -0.05) is 24.6 Å². The van der Waals surface area contributed by atoms with Crippen molar-refractivity contribution in [1.82, 2.24) is 0 Å². The van der Waals surface area contributed by atoms with Crippen molar-refractivity contribution in [1.29, 1.82) is 0 Å². The molecule has 2 rings (SSSR count). The molecule has 20 heavy (non-hydrogen) atoms. The van der Waals surface area contributed by atoms with Gasteiger partial charge in [0.15, 0.2) is 0 Å². The van der Waals surface area contributed by atoms with Crippen LogP contribution in [0.15, 0.2) is 23.3 Å². The number of hydrogen-bond donors (Lipinski definition) is 2. The number of aliphatic hydroxyl groups is 1. The number of aliphatic carboxylic acids is 1. The van der Waals surface area contributed by atoms with Crippen molar-refractivity contribution >= 4 is 11.9 Å². The first-order valence-electron chi connectivity index (χ1n) is 6.88. The van der Waals surface area contributed by atoms with Crippen LogP contribution in [0.5, 0.6) is 0 Å². The molecule has 1 heterocycles. The predicted molar refractivity (Wildman–Crippen MR) is 71.9 cm³/mol. The summed E-state index contributed by atoms with van der Waals surface area (Å²) < 4.78 is 5.26. The zero-order valence-corrected chi connectivity index (χ0v) is 11.7. The summed E-state index contributed by atoms with van der Waals surface area (Å²) in [5.41, 5.74) is 1.24. The molecule has 0 spiro atoms. The third-order valence-corrected chi connectivity index (χ3v) is 4.12. The third-order valence-electron chi connectivity index (χ3n) is 4.12. The Hall–Kier alpha value is -1.62. The third kappa shape index (κ3) is 2.93. The molecule has 0 bridgehead atoms. The molecule has 4 atom stereocenters. The minimum Gasteiger partial charge on any atom is -0.478 e. The van der Waals surface area contributed by atoms with Crippen molar-refractivity contribution in [2.75, 3.05) is 0 Å². The van der Waals surface area contributed by atoms with E-state index < -0.39 is 30.0 Å². The van der Waals surface area contributed by atoms with Crippen molar-refractivity contribution in [2.24, 2.45) is 11.8 Å². The first kappa shape index (κ1) is 14.8. The molecule has 1 aliphatic carbocycles. The number of carbonyl (C=O) groups is 2. The van der Waals surface area contributed by atoms with Gasteiger partial charge >= 0.3 is 11.9 Å². The number of aliphatic hydroxyl groups excluding tert-OH is 1. The van der Waals surface area contributed by atoms with E-state index in [0.717, 1.165) is 5.57 Å². The van der Waals surface area contributed by atoms with Gasteiger partial charge in [0.25, 0.3) is 0 Å². The van der Waals surface area contributed by atoms with Crippen LogP contribution in [0.25, 0.3) is 0 Å². The first-order valence-corrected chi connectivity index (χ1v) is 6.88. The van der Waals surface area contributed by atoms with Crippen LogP contribution < -0.4 is 0 Å². The van der Waals surface area contributed by atoms with Crippen LogP contribution >= 0.6 is 0 Å². The van der Waals surface area contributed by atoms with Gasteiger partial charge in [-0.05, 0) is 19.8 Å². The molecule has 110 valence electrons. The molecular weight excluding hydrogens is 260 g/mol. The Kier molecular flexibility index (Phi) is 4.28. The Morgan fingerprint density at radius 2 is 2.15 bits per heavy atom. The lowest BCUT2D eigenvalue weighted by Gasteiger charge is -2.24. The van der Waals surface area contributed by atoms with E-state index >= 15 is 0 Å². The fourth-order valence-corrected chi connectivity index (χ4v) is 2.94. The van der Waals surface area contributed by atoms with E-state index in [-0.39, 0.29) is 18.0 Å². The van der Waals surface area contributed by atoms with Gasteiger partial charge in [0.05, 0.1) is 12.0 Å². The molecular formula is C15H20O5. The van der Waals surface area contributed by atoms with Gasteiger partial charge in [0.2, 0.25) is 0 Å². The maximum atomic E-state index is 11.7. The molecule has 4 unspecified atom stereocenters. The maximum absolute atomic E-state index is 11.7. The zero-order valence-electron chi connectivity index (χ0n) is 11.7. The fourth-order valence-electron chi connectivity index (χ4n) is 2.94. The van der Waals surface area contributed by atoms with E-state index in [4.69, 9.17) is 4.74 Å². The monoisotopic (exact) mass is 280 g/mol. The quantitative estimate of drug-likeness (QED) is 0.564. The molecule has 0 aromatic carbocycles. The summed E-state index contributed by atoms with van der Waals surface area (Å²) >= 11 is 0. The van der Waals surface area contributed by atoms with Crippen LogP contribution in [0.4, 0.5) is 0 Å². The lowest BCUT2D eigenvalue weighted by molar-refractivity contribution is -0.144. The zero-order chi connectivity index (χ0) is 14.9. The molecule has 2 N–H and O–H groups in total. The number of hydrogen-bond acceptors (Lipinski definition) is 4. The molecule has 5 nitrogen and oxygen atoms in total. The number of rotatable bonds is 1. The number of ether oxygens (including phenoxy) is 1. The number of esters is 1. The van der Waals surface area contributed by atoms with Crippen molar-refractivity contribution in [3.05, 3.63) is 23.3 Å². The Morgan fingerprint density at radius 3 is 2.80 bits per heavy atom. The van der Waals surface area contributed by atoms with Gasteiger partial charge < -0.3 is 14.9 Å². The topological polar surface area (TPSA) is 83.8 Å². The SMILES string of the molecule is CC1=CC(O)C2C(CC(C(=O)O)=CCC1)OC(=O)C2C. The molecule has 0 saturated carbocycles. The summed E-state index contributed by atoms with van der Waals surface area (Å²) in [5.74, 6) is -2.17.